The summed E-state index contributed by atoms with van der Waals surface area (Å²) in [5.74, 6) is 2.12. The van der Waals surface area contributed by atoms with E-state index >= 15 is 0 Å². The molecule has 1 aliphatic rings. The number of benzene rings is 1. The summed E-state index contributed by atoms with van der Waals surface area (Å²) in [5.41, 5.74) is 2.95. The van der Waals surface area contributed by atoms with Crippen LogP contribution in [0.1, 0.15) is 57.1 Å². The van der Waals surface area contributed by atoms with Crippen LogP contribution in [0.3, 0.4) is 0 Å². The van der Waals surface area contributed by atoms with Gasteiger partial charge in [0.15, 0.2) is 0 Å². The lowest BCUT2D eigenvalue weighted by atomic mass is 9.83. The first-order valence-electron chi connectivity index (χ1n) is 8.64. The highest BCUT2D eigenvalue weighted by atomic mass is 32.2. The van der Waals surface area contributed by atoms with Crippen LogP contribution in [0.4, 0.5) is 0 Å². The Morgan fingerprint density at radius 3 is 2.71 bits per heavy atom. The molecule has 1 nitrogen and oxygen atoms in total. The van der Waals surface area contributed by atoms with Crippen LogP contribution >= 0.6 is 11.8 Å². The van der Waals surface area contributed by atoms with Gasteiger partial charge in [-0.05, 0) is 49.8 Å². The number of aryl methyl sites for hydroxylation is 1. The molecular weight excluding hydrogens is 274 g/mol. The van der Waals surface area contributed by atoms with Gasteiger partial charge in [-0.25, -0.2) is 0 Å². The Morgan fingerprint density at radius 1 is 1.19 bits per heavy atom. The molecule has 2 heteroatoms. The van der Waals surface area contributed by atoms with Crippen molar-refractivity contribution in [1.82, 2.24) is 5.32 Å². The Balaban J connectivity index is 1.94. The lowest BCUT2D eigenvalue weighted by Gasteiger charge is -2.36. The van der Waals surface area contributed by atoms with Crippen molar-refractivity contribution in [2.45, 2.75) is 69.9 Å². The number of rotatable bonds is 7. The third kappa shape index (κ3) is 5.03. The fraction of sp³-hybridized carbons (Fsp3) is 0.684. The van der Waals surface area contributed by atoms with Gasteiger partial charge >= 0.3 is 0 Å². The van der Waals surface area contributed by atoms with Gasteiger partial charge in [0, 0.05) is 17.0 Å². The summed E-state index contributed by atoms with van der Waals surface area (Å²) in [6, 6.07) is 9.56. The monoisotopic (exact) mass is 305 g/mol. The average Bonchev–Trinajstić information content (AvgIpc) is 2.49. The minimum atomic E-state index is 0.720. The van der Waals surface area contributed by atoms with E-state index in [1.54, 1.807) is 0 Å². The van der Waals surface area contributed by atoms with Crippen LogP contribution in [0.5, 0.6) is 0 Å². The van der Waals surface area contributed by atoms with Gasteiger partial charge in [0.05, 0.1) is 0 Å². The molecule has 1 N–H and O–H groups in total. The molecule has 21 heavy (non-hydrogen) atoms. The van der Waals surface area contributed by atoms with Crippen LogP contribution in [0, 0.1) is 12.8 Å². The number of hydrogen-bond donors (Lipinski definition) is 1. The quantitative estimate of drug-likeness (QED) is 0.745. The standard InChI is InChI=1S/C19H31NS/c1-4-8-16-11-12-18(20-5-2)19(13-16)21-14-17-10-7-6-9-15(17)3/h6-7,9-10,16,18-20H,4-5,8,11-14H2,1-3H3. The Morgan fingerprint density at radius 2 is 2.00 bits per heavy atom. The first kappa shape index (κ1) is 16.9. The first-order valence-corrected chi connectivity index (χ1v) is 9.69. The van der Waals surface area contributed by atoms with Gasteiger partial charge in [0.2, 0.25) is 0 Å². The Kier molecular flexibility index (Phi) is 7.12. The van der Waals surface area contributed by atoms with Crippen LogP contribution < -0.4 is 5.32 Å². The van der Waals surface area contributed by atoms with Gasteiger partial charge in [0.25, 0.3) is 0 Å². The van der Waals surface area contributed by atoms with E-state index in [4.69, 9.17) is 0 Å². The zero-order chi connectivity index (χ0) is 15.1. The highest BCUT2D eigenvalue weighted by Gasteiger charge is 2.29. The minimum Gasteiger partial charge on any atom is -0.313 e. The van der Waals surface area contributed by atoms with Crippen LogP contribution in [-0.4, -0.2) is 17.8 Å². The predicted molar refractivity (Wildman–Crippen MR) is 96.0 cm³/mol. The van der Waals surface area contributed by atoms with E-state index in [1.807, 2.05) is 0 Å². The van der Waals surface area contributed by atoms with Gasteiger partial charge in [0.1, 0.15) is 0 Å². The van der Waals surface area contributed by atoms with Crippen LogP contribution in [-0.2, 0) is 5.75 Å². The van der Waals surface area contributed by atoms with Gasteiger partial charge in [-0.3, -0.25) is 0 Å². The van der Waals surface area contributed by atoms with Gasteiger partial charge in [-0.15, -0.1) is 0 Å². The Hall–Kier alpha value is -0.470. The lowest BCUT2D eigenvalue weighted by molar-refractivity contribution is 0.289. The second-order valence-electron chi connectivity index (χ2n) is 6.41. The first-order chi connectivity index (χ1) is 10.2. The fourth-order valence-corrected chi connectivity index (χ4v) is 5.12. The second kappa shape index (κ2) is 8.85. The van der Waals surface area contributed by atoms with Crippen molar-refractivity contribution in [3.63, 3.8) is 0 Å². The van der Waals surface area contributed by atoms with E-state index in [2.05, 4.69) is 62.1 Å². The predicted octanol–water partition coefficient (Wildman–Crippen LogP) is 5.18. The summed E-state index contributed by atoms with van der Waals surface area (Å²) >= 11 is 2.18. The summed E-state index contributed by atoms with van der Waals surface area (Å²) in [6.07, 6.45) is 6.95. The van der Waals surface area contributed by atoms with E-state index in [0.29, 0.717) is 0 Å². The molecule has 0 bridgehead atoms. The molecule has 0 aromatic heterocycles. The van der Waals surface area contributed by atoms with E-state index in [1.165, 1.54) is 43.2 Å². The van der Waals surface area contributed by atoms with Crippen molar-refractivity contribution in [3.8, 4) is 0 Å². The second-order valence-corrected chi connectivity index (χ2v) is 7.64. The summed E-state index contributed by atoms with van der Waals surface area (Å²) in [6.45, 7) is 7.90. The minimum absolute atomic E-state index is 0.720. The van der Waals surface area contributed by atoms with Crippen LogP contribution in [0.15, 0.2) is 24.3 Å². The molecule has 1 aromatic rings. The molecule has 0 saturated heterocycles. The van der Waals surface area contributed by atoms with Gasteiger partial charge < -0.3 is 5.32 Å². The fourth-order valence-electron chi connectivity index (χ4n) is 3.53. The normalized spacial score (nSPS) is 26.0. The summed E-state index contributed by atoms with van der Waals surface area (Å²) in [5, 5.41) is 4.51. The summed E-state index contributed by atoms with van der Waals surface area (Å²) in [7, 11) is 0. The van der Waals surface area contributed by atoms with E-state index in [0.717, 1.165) is 29.5 Å². The van der Waals surface area contributed by atoms with Crippen molar-refractivity contribution in [1.29, 1.82) is 0 Å². The molecule has 1 saturated carbocycles. The molecule has 1 fully saturated rings. The van der Waals surface area contributed by atoms with Crippen molar-refractivity contribution in [2.24, 2.45) is 5.92 Å². The average molecular weight is 306 g/mol. The largest absolute Gasteiger partial charge is 0.313 e. The van der Waals surface area contributed by atoms with E-state index in [-0.39, 0.29) is 0 Å². The maximum atomic E-state index is 3.73. The summed E-state index contributed by atoms with van der Waals surface area (Å²) < 4.78 is 0. The van der Waals surface area contributed by atoms with Crippen molar-refractivity contribution >= 4 is 11.8 Å². The van der Waals surface area contributed by atoms with E-state index < -0.39 is 0 Å². The highest BCUT2D eigenvalue weighted by Crippen LogP contribution is 2.36. The SMILES string of the molecule is CCCC1CCC(NCC)C(SCc2ccccc2C)C1. The molecule has 3 atom stereocenters. The maximum absolute atomic E-state index is 3.73. The zero-order valence-electron chi connectivity index (χ0n) is 13.9. The van der Waals surface area contributed by atoms with Crippen LogP contribution in [0.2, 0.25) is 0 Å². The van der Waals surface area contributed by atoms with Crippen molar-refractivity contribution < 1.29 is 0 Å². The molecule has 3 unspecified atom stereocenters. The van der Waals surface area contributed by atoms with E-state index in [9.17, 15) is 0 Å². The van der Waals surface area contributed by atoms with Crippen molar-refractivity contribution in [2.75, 3.05) is 6.54 Å². The summed E-state index contributed by atoms with van der Waals surface area (Å²) in [4.78, 5) is 0. The van der Waals surface area contributed by atoms with Gasteiger partial charge in [-0.1, -0.05) is 51.0 Å². The molecule has 2 rings (SSSR count). The molecule has 1 aliphatic carbocycles. The Labute approximate surface area is 135 Å². The van der Waals surface area contributed by atoms with Gasteiger partial charge in [-0.2, -0.15) is 11.8 Å². The molecule has 1 aromatic carbocycles. The smallest absolute Gasteiger partial charge is 0.0207 e. The third-order valence-electron chi connectivity index (χ3n) is 4.78. The highest BCUT2D eigenvalue weighted by molar-refractivity contribution is 7.99. The molecular formula is C19H31NS. The Bertz CT molecular complexity index is 418. The lowest BCUT2D eigenvalue weighted by Crippen LogP contribution is -2.42. The number of thioether (sulfide) groups is 1. The maximum Gasteiger partial charge on any atom is 0.0207 e. The molecule has 0 heterocycles. The topological polar surface area (TPSA) is 12.0 Å². The number of nitrogens with one attached hydrogen (secondary N) is 1. The van der Waals surface area contributed by atoms with Crippen molar-refractivity contribution in [3.05, 3.63) is 35.4 Å². The zero-order valence-corrected chi connectivity index (χ0v) is 14.7. The van der Waals surface area contributed by atoms with Crippen LogP contribution in [0.25, 0.3) is 0 Å². The molecule has 0 radical (unpaired) electrons. The number of hydrogen-bond acceptors (Lipinski definition) is 2. The molecule has 0 aliphatic heterocycles. The third-order valence-corrected chi connectivity index (χ3v) is 6.20. The molecule has 0 spiro atoms. The molecule has 0 amide bonds. The molecule has 118 valence electrons.